The van der Waals surface area contributed by atoms with Gasteiger partial charge in [0.05, 0.1) is 19.0 Å². The zero-order valence-corrected chi connectivity index (χ0v) is 11.5. The van der Waals surface area contributed by atoms with Gasteiger partial charge in [-0.25, -0.2) is 0 Å². The van der Waals surface area contributed by atoms with Crippen LogP contribution in [0.25, 0.3) is 0 Å². The van der Waals surface area contributed by atoms with Crippen LogP contribution in [0.4, 0.5) is 0 Å². The van der Waals surface area contributed by atoms with Gasteiger partial charge in [-0.3, -0.25) is 4.98 Å². The van der Waals surface area contributed by atoms with Crippen molar-refractivity contribution >= 4 is 6.21 Å². The van der Waals surface area contributed by atoms with E-state index in [0.29, 0.717) is 23.9 Å². The highest BCUT2D eigenvalue weighted by Crippen LogP contribution is 2.41. The van der Waals surface area contributed by atoms with Crippen LogP contribution >= 0.6 is 0 Å². The monoisotopic (exact) mass is 286 g/mol. The van der Waals surface area contributed by atoms with Crippen molar-refractivity contribution in [2.24, 2.45) is 5.16 Å². The van der Waals surface area contributed by atoms with Gasteiger partial charge in [0.1, 0.15) is 0 Å². The number of fused-ring (bicyclic) bond motifs is 1. The third-order valence-corrected chi connectivity index (χ3v) is 2.90. The quantitative estimate of drug-likeness (QED) is 0.623. The lowest BCUT2D eigenvalue weighted by Crippen LogP contribution is -1.93. The first-order chi connectivity index (χ1) is 10.4. The van der Waals surface area contributed by atoms with Gasteiger partial charge in [-0.15, -0.1) is 0 Å². The van der Waals surface area contributed by atoms with Crippen molar-refractivity contribution in [3.63, 3.8) is 0 Å². The fraction of sp³-hybridized carbons (Fsp3) is 0.200. The van der Waals surface area contributed by atoms with Crippen molar-refractivity contribution in [2.75, 3.05) is 13.9 Å². The topological polar surface area (TPSA) is 62.2 Å². The van der Waals surface area contributed by atoms with Crippen molar-refractivity contribution in [3.8, 4) is 17.2 Å². The summed E-state index contributed by atoms with van der Waals surface area (Å²) in [6, 6.07) is 9.25. The molecule has 3 rings (SSSR count). The first kappa shape index (κ1) is 13.2. The fourth-order valence-electron chi connectivity index (χ4n) is 1.91. The van der Waals surface area contributed by atoms with E-state index in [0.717, 1.165) is 11.3 Å². The molecule has 0 fully saturated rings. The van der Waals surface area contributed by atoms with Gasteiger partial charge < -0.3 is 19.0 Å². The maximum atomic E-state index is 5.34. The molecular weight excluding hydrogens is 272 g/mol. The standard InChI is InChI=1S/C15H14N2O4/c1-18-13-6-11(7-14-15(13)20-10-19-14)8-17-21-9-12-4-2-3-5-16-12/h2-8H,9-10H2,1H3. The van der Waals surface area contributed by atoms with Crippen molar-refractivity contribution in [2.45, 2.75) is 6.61 Å². The summed E-state index contributed by atoms with van der Waals surface area (Å²) in [7, 11) is 1.58. The Morgan fingerprint density at radius 3 is 3.10 bits per heavy atom. The van der Waals surface area contributed by atoms with Crippen LogP contribution < -0.4 is 14.2 Å². The second-order valence-electron chi connectivity index (χ2n) is 4.29. The van der Waals surface area contributed by atoms with Crippen LogP contribution in [0.15, 0.2) is 41.7 Å². The number of rotatable bonds is 5. The lowest BCUT2D eigenvalue weighted by atomic mass is 10.2. The lowest BCUT2D eigenvalue weighted by molar-refractivity contribution is 0.129. The van der Waals surface area contributed by atoms with Gasteiger partial charge in [0.25, 0.3) is 0 Å². The summed E-state index contributed by atoms with van der Waals surface area (Å²) in [6.07, 6.45) is 3.30. The molecule has 6 heteroatoms. The summed E-state index contributed by atoms with van der Waals surface area (Å²) in [5.74, 6) is 1.86. The van der Waals surface area contributed by atoms with Gasteiger partial charge in [-0.2, -0.15) is 0 Å². The predicted octanol–water partition coefficient (Wildman–Crippen LogP) is 2.37. The molecule has 1 aromatic heterocycles. The molecule has 0 atom stereocenters. The third kappa shape index (κ3) is 3.05. The van der Waals surface area contributed by atoms with Crippen LogP contribution in [0.5, 0.6) is 17.2 Å². The van der Waals surface area contributed by atoms with Crippen molar-refractivity contribution in [3.05, 3.63) is 47.8 Å². The number of benzene rings is 1. The van der Waals surface area contributed by atoms with E-state index in [1.807, 2.05) is 24.3 Å². The summed E-state index contributed by atoms with van der Waals surface area (Å²) >= 11 is 0. The van der Waals surface area contributed by atoms with E-state index in [4.69, 9.17) is 19.0 Å². The highest BCUT2D eigenvalue weighted by Gasteiger charge is 2.19. The van der Waals surface area contributed by atoms with Gasteiger partial charge in [0.2, 0.25) is 12.5 Å². The minimum Gasteiger partial charge on any atom is -0.493 e. The molecule has 1 aliphatic heterocycles. The molecule has 21 heavy (non-hydrogen) atoms. The van der Waals surface area contributed by atoms with Crippen molar-refractivity contribution in [1.29, 1.82) is 0 Å². The van der Waals surface area contributed by atoms with Crippen LogP contribution in [0.1, 0.15) is 11.3 Å². The molecule has 0 spiro atoms. The lowest BCUT2D eigenvalue weighted by Gasteiger charge is -2.05. The Kier molecular flexibility index (Phi) is 3.86. The minimum atomic E-state index is 0.197. The zero-order chi connectivity index (χ0) is 14.5. The van der Waals surface area contributed by atoms with Crippen molar-refractivity contribution < 1.29 is 19.0 Å². The summed E-state index contributed by atoms with van der Waals surface area (Å²) in [5.41, 5.74) is 1.62. The number of methoxy groups -OCH3 is 1. The Labute approximate surface area is 121 Å². The molecule has 0 N–H and O–H groups in total. The Balaban J connectivity index is 1.66. The summed E-state index contributed by atoms with van der Waals surface area (Å²) in [5, 5.41) is 3.92. The molecule has 2 aromatic rings. The highest BCUT2D eigenvalue weighted by molar-refractivity contribution is 5.82. The molecule has 0 bridgehead atoms. The van der Waals surface area contributed by atoms with E-state index in [1.54, 1.807) is 25.6 Å². The van der Waals surface area contributed by atoms with Crippen molar-refractivity contribution in [1.82, 2.24) is 4.98 Å². The predicted molar refractivity (Wildman–Crippen MR) is 75.7 cm³/mol. The van der Waals surface area contributed by atoms with E-state index in [9.17, 15) is 0 Å². The van der Waals surface area contributed by atoms with Crippen LogP contribution in [0, 0.1) is 0 Å². The smallest absolute Gasteiger partial charge is 0.231 e. The molecule has 2 heterocycles. The van der Waals surface area contributed by atoms with Crippen LogP contribution in [-0.2, 0) is 11.4 Å². The molecule has 0 radical (unpaired) electrons. The summed E-state index contributed by atoms with van der Waals surface area (Å²) in [6.45, 7) is 0.515. The molecule has 0 saturated heterocycles. The SMILES string of the molecule is COc1cc(C=NOCc2ccccn2)cc2c1OCO2. The third-order valence-electron chi connectivity index (χ3n) is 2.90. The molecule has 0 unspecified atom stereocenters. The minimum absolute atomic E-state index is 0.197. The second-order valence-corrected chi connectivity index (χ2v) is 4.29. The largest absolute Gasteiger partial charge is 0.493 e. The maximum Gasteiger partial charge on any atom is 0.231 e. The molecular formula is C15H14N2O4. The van der Waals surface area contributed by atoms with Gasteiger partial charge >= 0.3 is 0 Å². The Hall–Kier alpha value is -2.76. The zero-order valence-electron chi connectivity index (χ0n) is 11.5. The summed E-state index contributed by atoms with van der Waals surface area (Å²) in [4.78, 5) is 9.35. The van der Waals surface area contributed by atoms with Crippen LogP contribution in [0.3, 0.4) is 0 Å². The maximum absolute atomic E-state index is 5.34. The van der Waals surface area contributed by atoms with Gasteiger partial charge in [-0.1, -0.05) is 11.2 Å². The molecule has 0 saturated carbocycles. The fourth-order valence-corrected chi connectivity index (χ4v) is 1.91. The number of aromatic nitrogens is 1. The van der Waals surface area contributed by atoms with E-state index in [1.165, 1.54) is 0 Å². The van der Waals surface area contributed by atoms with E-state index in [2.05, 4.69) is 10.1 Å². The number of nitrogens with zero attached hydrogens (tertiary/aromatic N) is 2. The normalized spacial score (nSPS) is 12.6. The van der Waals surface area contributed by atoms with E-state index in [-0.39, 0.29) is 6.79 Å². The molecule has 1 aliphatic rings. The number of oxime groups is 1. The van der Waals surface area contributed by atoms with Crippen LogP contribution in [0.2, 0.25) is 0 Å². The second kappa shape index (κ2) is 6.13. The first-order valence-corrected chi connectivity index (χ1v) is 6.39. The Morgan fingerprint density at radius 2 is 2.29 bits per heavy atom. The van der Waals surface area contributed by atoms with Gasteiger partial charge in [0.15, 0.2) is 18.1 Å². The van der Waals surface area contributed by atoms with Gasteiger partial charge in [-0.05, 0) is 24.3 Å². The first-order valence-electron chi connectivity index (χ1n) is 6.39. The highest BCUT2D eigenvalue weighted by atomic mass is 16.7. The summed E-state index contributed by atoms with van der Waals surface area (Å²) < 4.78 is 15.9. The van der Waals surface area contributed by atoms with E-state index < -0.39 is 0 Å². The molecule has 6 nitrogen and oxygen atoms in total. The molecule has 108 valence electrons. The molecule has 0 amide bonds. The number of hydrogen-bond acceptors (Lipinski definition) is 6. The Bertz CT molecular complexity index is 644. The number of ether oxygens (including phenoxy) is 3. The molecule has 0 aliphatic carbocycles. The van der Waals surface area contributed by atoms with E-state index >= 15 is 0 Å². The Morgan fingerprint density at radius 1 is 1.33 bits per heavy atom. The number of pyridine rings is 1. The van der Waals surface area contributed by atoms with Crippen LogP contribution in [-0.4, -0.2) is 25.1 Å². The average Bonchev–Trinajstić information content (AvgIpc) is 3.00. The average molecular weight is 286 g/mol. The van der Waals surface area contributed by atoms with Gasteiger partial charge in [0, 0.05) is 11.8 Å². The molecule has 1 aromatic carbocycles. The number of hydrogen-bond donors (Lipinski definition) is 0.